The number of ether oxygens (including phenoxy) is 1. The fraction of sp³-hybridized carbons (Fsp3) is 0.424. The maximum Gasteiger partial charge on any atom is 0.246 e. The Bertz CT molecular complexity index is 1360. The van der Waals surface area contributed by atoms with Gasteiger partial charge in [-0.1, -0.05) is 63.9 Å². The van der Waals surface area contributed by atoms with Crippen LogP contribution >= 0.6 is 0 Å². The van der Waals surface area contributed by atoms with Gasteiger partial charge in [0.05, 0.1) is 12.0 Å². The van der Waals surface area contributed by atoms with Crippen LogP contribution in [0.3, 0.4) is 0 Å². The zero-order valence-electron chi connectivity index (χ0n) is 24.4. The largest absolute Gasteiger partial charge is 0.489 e. The van der Waals surface area contributed by atoms with Gasteiger partial charge in [-0.15, -0.1) is 0 Å². The number of likely N-dealkylation sites (N-methyl/N-ethyl adjacent to an activating group) is 1. The minimum atomic E-state index is -0.860. The molecule has 3 heterocycles. The topological polar surface area (TPSA) is 112 Å². The molecule has 0 fully saturated rings. The van der Waals surface area contributed by atoms with E-state index >= 15 is 0 Å². The molecule has 4 unspecified atom stereocenters. The fourth-order valence-corrected chi connectivity index (χ4v) is 5.42. The number of aromatic nitrogens is 1. The molecule has 2 aromatic carbocycles. The van der Waals surface area contributed by atoms with Gasteiger partial charge in [-0.05, 0) is 54.8 Å². The van der Waals surface area contributed by atoms with E-state index in [1.54, 1.807) is 19.3 Å². The highest BCUT2D eigenvalue weighted by atomic mass is 16.5. The third kappa shape index (κ3) is 7.64. The van der Waals surface area contributed by atoms with Gasteiger partial charge in [-0.2, -0.15) is 0 Å². The first kappa shape index (κ1) is 30.1. The second-order valence-corrected chi connectivity index (χ2v) is 11.1. The molecule has 0 saturated heterocycles. The maximum absolute atomic E-state index is 14.1. The van der Waals surface area contributed by atoms with Crippen molar-refractivity contribution in [3.05, 3.63) is 72.1 Å². The number of benzene rings is 2. The molecule has 8 heteroatoms. The van der Waals surface area contributed by atoms with E-state index in [-0.39, 0.29) is 42.4 Å². The van der Waals surface area contributed by atoms with Crippen LogP contribution in [0, 0.1) is 11.8 Å². The number of hydrogen-bond donors (Lipinski definition) is 4. The molecule has 3 aromatic rings. The highest BCUT2D eigenvalue weighted by Crippen LogP contribution is 2.27. The lowest BCUT2D eigenvalue weighted by molar-refractivity contribution is -0.136. The summed E-state index contributed by atoms with van der Waals surface area (Å²) in [5.74, 6) is -0.991. The van der Waals surface area contributed by atoms with Gasteiger partial charge >= 0.3 is 0 Å². The third-order valence-electron chi connectivity index (χ3n) is 7.78. The molecule has 218 valence electrons. The second-order valence-electron chi connectivity index (χ2n) is 11.1. The number of H-pyrrole nitrogens is 1. The number of Topliss-reactive ketones (excluding diaryl/α,β-unsaturated/α-hetero) is 1. The summed E-state index contributed by atoms with van der Waals surface area (Å²) < 4.78 is 6.41. The van der Waals surface area contributed by atoms with Crippen molar-refractivity contribution in [1.82, 2.24) is 20.9 Å². The fourth-order valence-electron chi connectivity index (χ4n) is 5.42. The molecule has 4 atom stereocenters. The van der Waals surface area contributed by atoms with Crippen LogP contribution in [0.2, 0.25) is 0 Å². The van der Waals surface area contributed by atoms with Crippen molar-refractivity contribution >= 4 is 34.6 Å². The molecule has 8 nitrogen and oxygen atoms in total. The van der Waals surface area contributed by atoms with Crippen molar-refractivity contribution in [2.75, 3.05) is 7.05 Å². The van der Waals surface area contributed by atoms with Gasteiger partial charge in [0.25, 0.3) is 0 Å². The third-order valence-corrected chi connectivity index (χ3v) is 7.78. The van der Waals surface area contributed by atoms with E-state index in [0.29, 0.717) is 12.2 Å². The lowest BCUT2D eigenvalue weighted by Gasteiger charge is -2.32. The number of unbranched alkanes of at least 4 members (excludes halogenated alkanes) is 1. The van der Waals surface area contributed by atoms with E-state index in [0.717, 1.165) is 34.9 Å². The number of fused-ring (bicyclic) bond motifs is 11. The number of aromatic amines is 1. The van der Waals surface area contributed by atoms with E-state index in [4.69, 9.17) is 4.74 Å². The Morgan fingerprint density at radius 3 is 2.51 bits per heavy atom. The Labute approximate surface area is 242 Å². The van der Waals surface area contributed by atoms with E-state index in [2.05, 4.69) is 27.9 Å². The van der Waals surface area contributed by atoms with Gasteiger partial charge in [-0.25, -0.2) is 0 Å². The van der Waals surface area contributed by atoms with Crippen molar-refractivity contribution in [2.45, 2.75) is 71.1 Å². The maximum atomic E-state index is 14.1. The standard InChI is InChI=1S/C33H42N4O4/c1-5-6-10-28(34-4)30(38)19-26-31(21(2)3)41-24-14-12-22(13-15-24)16-17-35-33(40)29(37-32(26)39)18-23-20-36-27-11-8-7-9-25(23)27/h7-9,11-17,20-21,26,28-29,31,34,36H,5-6,10,18-19H2,1-4H3,(H,35,40)(H,37,39). The summed E-state index contributed by atoms with van der Waals surface area (Å²) in [6, 6.07) is 14.1. The summed E-state index contributed by atoms with van der Waals surface area (Å²) in [7, 11) is 1.78. The van der Waals surface area contributed by atoms with Gasteiger partial charge in [-0.3, -0.25) is 14.4 Å². The monoisotopic (exact) mass is 558 g/mol. The number of carbonyl (C=O) groups is 3. The second kappa shape index (κ2) is 14.1. The van der Waals surface area contributed by atoms with Crippen LogP contribution in [0.1, 0.15) is 57.6 Å². The molecular weight excluding hydrogens is 516 g/mol. The number of amides is 2. The Kier molecular flexibility index (Phi) is 10.4. The van der Waals surface area contributed by atoms with E-state index in [1.165, 1.54) is 0 Å². The predicted molar refractivity (Wildman–Crippen MR) is 162 cm³/mol. The molecule has 41 heavy (non-hydrogen) atoms. The van der Waals surface area contributed by atoms with Crippen LogP contribution in [0.4, 0.5) is 0 Å². The summed E-state index contributed by atoms with van der Waals surface area (Å²) in [4.78, 5) is 44.3. The molecule has 4 N–H and O–H groups in total. The lowest BCUT2D eigenvalue weighted by atomic mass is 9.85. The molecule has 2 aliphatic heterocycles. The quantitative estimate of drug-likeness (QED) is 0.287. The first-order chi connectivity index (χ1) is 19.8. The highest BCUT2D eigenvalue weighted by molar-refractivity contribution is 5.94. The number of ketones is 1. The van der Waals surface area contributed by atoms with Crippen molar-refractivity contribution in [3.63, 3.8) is 0 Å². The molecular formula is C33H42N4O4. The zero-order chi connectivity index (χ0) is 29.4. The van der Waals surface area contributed by atoms with Gasteiger partial charge in [0.1, 0.15) is 17.9 Å². The average Bonchev–Trinajstić information content (AvgIpc) is 3.37. The van der Waals surface area contributed by atoms with Crippen LogP contribution in [0.5, 0.6) is 5.75 Å². The number of hydrogen-bond acceptors (Lipinski definition) is 5. The predicted octanol–water partition coefficient (Wildman–Crippen LogP) is 4.75. The first-order valence-electron chi connectivity index (χ1n) is 14.6. The molecule has 2 amide bonds. The van der Waals surface area contributed by atoms with Gasteiger partial charge in [0.15, 0.2) is 5.78 Å². The van der Waals surface area contributed by atoms with E-state index in [9.17, 15) is 14.4 Å². The number of carbonyl (C=O) groups excluding carboxylic acids is 3. The summed E-state index contributed by atoms with van der Waals surface area (Å²) >= 11 is 0. The minimum absolute atomic E-state index is 0.00329. The van der Waals surface area contributed by atoms with Crippen molar-refractivity contribution in [1.29, 1.82) is 0 Å². The molecule has 0 saturated carbocycles. The summed E-state index contributed by atoms with van der Waals surface area (Å²) in [6.07, 6.45) is 7.55. The van der Waals surface area contributed by atoms with E-state index in [1.807, 2.05) is 68.6 Å². The Hall–Kier alpha value is -3.91. The van der Waals surface area contributed by atoms with Gasteiger partial charge in [0.2, 0.25) is 11.8 Å². The molecule has 2 aliphatic rings. The Morgan fingerprint density at radius 1 is 1.05 bits per heavy atom. The van der Waals surface area contributed by atoms with Crippen LogP contribution < -0.4 is 20.7 Å². The molecule has 0 aliphatic carbocycles. The first-order valence-corrected chi connectivity index (χ1v) is 14.6. The smallest absolute Gasteiger partial charge is 0.246 e. The van der Waals surface area contributed by atoms with E-state index < -0.39 is 18.1 Å². The zero-order valence-corrected chi connectivity index (χ0v) is 24.4. The van der Waals surface area contributed by atoms with Crippen LogP contribution in [0.25, 0.3) is 17.0 Å². The van der Waals surface area contributed by atoms with Crippen LogP contribution in [0.15, 0.2) is 60.9 Å². The molecule has 0 spiro atoms. The Morgan fingerprint density at radius 2 is 1.80 bits per heavy atom. The van der Waals surface area contributed by atoms with Gasteiger partial charge in [0, 0.05) is 36.1 Å². The molecule has 0 radical (unpaired) electrons. The summed E-state index contributed by atoms with van der Waals surface area (Å²) in [5, 5.41) is 9.97. The molecule has 2 bridgehead atoms. The molecule has 5 rings (SSSR count). The molecule has 1 aromatic heterocycles. The normalized spacial score (nSPS) is 20.4. The SMILES string of the molecule is CCCCC(NC)C(=O)CC1C(=O)NC(Cc2c[nH]c3ccccc23)C(=O)NC=Cc2ccc(cc2)OC1C(C)C. The van der Waals surface area contributed by atoms with Gasteiger partial charge < -0.3 is 25.7 Å². The average molecular weight is 559 g/mol. The number of rotatable bonds is 10. The highest BCUT2D eigenvalue weighted by Gasteiger charge is 2.37. The summed E-state index contributed by atoms with van der Waals surface area (Å²) in [6.45, 7) is 6.06. The van der Waals surface area contributed by atoms with Crippen LogP contribution in [-0.4, -0.2) is 47.8 Å². The van der Waals surface area contributed by atoms with Crippen molar-refractivity contribution in [3.8, 4) is 5.75 Å². The lowest BCUT2D eigenvalue weighted by Crippen LogP contribution is -2.52. The summed E-state index contributed by atoms with van der Waals surface area (Å²) in [5.41, 5.74) is 2.77. The Balaban J connectivity index is 1.70. The van der Waals surface area contributed by atoms with Crippen molar-refractivity contribution < 1.29 is 19.1 Å². The van der Waals surface area contributed by atoms with Crippen LogP contribution in [-0.2, 0) is 20.8 Å². The number of para-hydroxylation sites is 1. The number of nitrogens with one attached hydrogen (secondary N) is 4. The van der Waals surface area contributed by atoms with Crippen molar-refractivity contribution in [2.24, 2.45) is 11.8 Å². The minimum Gasteiger partial charge on any atom is -0.489 e.